The Labute approximate surface area is 105 Å². The highest BCUT2D eigenvalue weighted by Crippen LogP contribution is 2.32. The van der Waals surface area contributed by atoms with E-state index in [1.165, 1.54) is 0 Å². The lowest BCUT2D eigenvalue weighted by Gasteiger charge is -2.36. The van der Waals surface area contributed by atoms with Crippen LogP contribution in [0.2, 0.25) is 0 Å². The van der Waals surface area contributed by atoms with E-state index in [2.05, 4.69) is 10.3 Å². The summed E-state index contributed by atoms with van der Waals surface area (Å²) in [4.78, 5) is 4.28. The van der Waals surface area contributed by atoms with Crippen LogP contribution in [0, 0.1) is 0 Å². The Bertz CT molecular complexity index is 579. The van der Waals surface area contributed by atoms with E-state index in [-0.39, 0.29) is 5.75 Å². The maximum Gasteiger partial charge on any atom is 0.134 e. The van der Waals surface area contributed by atoms with Crippen LogP contribution < -0.4 is 5.32 Å². The Hall–Kier alpha value is -1.81. The summed E-state index contributed by atoms with van der Waals surface area (Å²) in [6.07, 6.45) is 4.50. The van der Waals surface area contributed by atoms with Gasteiger partial charge in [-0.3, -0.25) is 0 Å². The number of hydrogen-bond acceptors (Lipinski definition) is 4. The van der Waals surface area contributed by atoms with E-state index in [1.54, 1.807) is 18.3 Å². The average molecular weight is 244 g/mol. The van der Waals surface area contributed by atoms with Gasteiger partial charge in [0.15, 0.2) is 0 Å². The van der Waals surface area contributed by atoms with Gasteiger partial charge in [-0.1, -0.05) is 6.07 Å². The zero-order chi connectivity index (χ0) is 12.6. The molecule has 1 aliphatic rings. The van der Waals surface area contributed by atoms with E-state index >= 15 is 0 Å². The van der Waals surface area contributed by atoms with Crippen molar-refractivity contribution in [3.8, 4) is 5.75 Å². The van der Waals surface area contributed by atoms with Gasteiger partial charge in [-0.2, -0.15) is 0 Å². The molecule has 2 aromatic rings. The molecule has 1 aliphatic carbocycles. The third-order valence-corrected chi connectivity index (χ3v) is 3.62. The SMILES string of the molecule is Oc1ccc2ccnc(NCC3(O)CCC3)c2c1. The highest BCUT2D eigenvalue weighted by atomic mass is 16.3. The molecular weight excluding hydrogens is 228 g/mol. The molecule has 94 valence electrons. The van der Waals surface area contributed by atoms with Gasteiger partial charge in [0.25, 0.3) is 0 Å². The number of pyridine rings is 1. The van der Waals surface area contributed by atoms with Crippen molar-refractivity contribution < 1.29 is 10.2 Å². The molecule has 3 rings (SSSR count). The number of rotatable bonds is 3. The normalized spacial score (nSPS) is 17.4. The third kappa shape index (κ3) is 1.99. The van der Waals surface area contributed by atoms with E-state index in [1.807, 2.05) is 12.1 Å². The van der Waals surface area contributed by atoms with Crippen LogP contribution in [-0.2, 0) is 0 Å². The lowest BCUT2D eigenvalue weighted by Crippen LogP contribution is -2.43. The summed E-state index contributed by atoms with van der Waals surface area (Å²) in [6, 6.07) is 7.11. The molecule has 1 aromatic heterocycles. The first kappa shape index (κ1) is 11.3. The maximum absolute atomic E-state index is 10.1. The number of phenolic OH excluding ortho intramolecular Hbond substituents is 1. The molecule has 3 N–H and O–H groups in total. The van der Waals surface area contributed by atoms with Crippen molar-refractivity contribution in [2.75, 3.05) is 11.9 Å². The van der Waals surface area contributed by atoms with Crippen LogP contribution in [0.15, 0.2) is 30.5 Å². The molecule has 1 aromatic carbocycles. The fraction of sp³-hybridized carbons (Fsp3) is 0.357. The Balaban J connectivity index is 1.88. The van der Waals surface area contributed by atoms with Gasteiger partial charge in [-0.05, 0) is 42.8 Å². The van der Waals surface area contributed by atoms with E-state index < -0.39 is 5.60 Å². The number of aromatic nitrogens is 1. The van der Waals surface area contributed by atoms with Gasteiger partial charge in [0.2, 0.25) is 0 Å². The molecule has 1 saturated carbocycles. The number of hydrogen-bond donors (Lipinski definition) is 3. The molecule has 1 fully saturated rings. The molecule has 0 unspecified atom stereocenters. The Kier molecular flexibility index (Phi) is 2.59. The Morgan fingerprint density at radius 2 is 2.11 bits per heavy atom. The zero-order valence-electron chi connectivity index (χ0n) is 10.1. The predicted molar refractivity (Wildman–Crippen MR) is 70.7 cm³/mol. The summed E-state index contributed by atoms with van der Waals surface area (Å²) in [5.74, 6) is 0.935. The molecule has 0 bridgehead atoms. The van der Waals surface area contributed by atoms with Crippen molar-refractivity contribution in [3.05, 3.63) is 30.5 Å². The van der Waals surface area contributed by atoms with Gasteiger partial charge in [-0.25, -0.2) is 4.98 Å². The van der Waals surface area contributed by atoms with Crippen molar-refractivity contribution in [2.24, 2.45) is 0 Å². The van der Waals surface area contributed by atoms with Gasteiger partial charge in [0, 0.05) is 18.1 Å². The zero-order valence-corrected chi connectivity index (χ0v) is 10.1. The van der Waals surface area contributed by atoms with Crippen LogP contribution in [-0.4, -0.2) is 27.3 Å². The number of nitrogens with one attached hydrogen (secondary N) is 1. The molecule has 4 nitrogen and oxygen atoms in total. The summed E-state index contributed by atoms with van der Waals surface area (Å²) in [5, 5.41) is 24.7. The van der Waals surface area contributed by atoms with E-state index in [0.29, 0.717) is 12.4 Å². The molecule has 0 radical (unpaired) electrons. The quantitative estimate of drug-likeness (QED) is 0.775. The number of phenols is 1. The summed E-state index contributed by atoms with van der Waals surface area (Å²) < 4.78 is 0. The first-order chi connectivity index (χ1) is 8.66. The average Bonchev–Trinajstić information content (AvgIpc) is 2.34. The van der Waals surface area contributed by atoms with Crippen LogP contribution in [0.5, 0.6) is 5.75 Å². The molecule has 0 saturated heterocycles. The first-order valence-electron chi connectivity index (χ1n) is 6.20. The number of anilines is 1. The monoisotopic (exact) mass is 244 g/mol. The summed E-state index contributed by atoms with van der Waals surface area (Å²) in [6.45, 7) is 0.509. The molecule has 0 aliphatic heterocycles. The van der Waals surface area contributed by atoms with Gasteiger partial charge in [0.1, 0.15) is 11.6 Å². The number of fused-ring (bicyclic) bond motifs is 1. The Morgan fingerprint density at radius 1 is 1.28 bits per heavy atom. The summed E-state index contributed by atoms with van der Waals surface area (Å²) in [5.41, 5.74) is -0.583. The second-order valence-corrected chi connectivity index (χ2v) is 5.00. The maximum atomic E-state index is 10.1. The van der Waals surface area contributed by atoms with Crippen LogP contribution in [0.4, 0.5) is 5.82 Å². The minimum absolute atomic E-state index is 0.223. The van der Waals surface area contributed by atoms with E-state index in [9.17, 15) is 10.2 Å². The number of benzene rings is 1. The van der Waals surface area contributed by atoms with E-state index in [0.717, 1.165) is 30.0 Å². The smallest absolute Gasteiger partial charge is 0.134 e. The topological polar surface area (TPSA) is 65.4 Å². The van der Waals surface area contributed by atoms with Crippen molar-refractivity contribution in [3.63, 3.8) is 0 Å². The van der Waals surface area contributed by atoms with Crippen LogP contribution in [0.3, 0.4) is 0 Å². The van der Waals surface area contributed by atoms with E-state index in [4.69, 9.17) is 0 Å². The highest BCUT2D eigenvalue weighted by Gasteiger charge is 2.34. The highest BCUT2D eigenvalue weighted by molar-refractivity contribution is 5.92. The molecule has 1 heterocycles. The fourth-order valence-corrected chi connectivity index (χ4v) is 2.31. The predicted octanol–water partition coefficient (Wildman–Crippen LogP) is 2.27. The molecule has 18 heavy (non-hydrogen) atoms. The number of aliphatic hydroxyl groups is 1. The molecule has 0 amide bonds. The van der Waals surface area contributed by atoms with Gasteiger partial charge in [-0.15, -0.1) is 0 Å². The number of aromatic hydroxyl groups is 1. The van der Waals surface area contributed by atoms with Crippen LogP contribution in [0.1, 0.15) is 19.3 Å². The second kappa shape index (κ2) is 4.14. The minimum atomic E-state index is -0.583. The third-order valence-electron chi connectivity index (χ3n) is 3.62. The van der Waals surface area contributed by atoms with Gasteiger partial charge in [0.05, 0.1) is 5.60 Å². The largest absolute Gasteiger partial charge is 0.508 e. The first-order valence-corrected chi connectivity index (χ1v) is 6.20. The lowest BCUT2D eigenvalue weighted by atomic mass is 9.80. The summed E-state index contributed by atoms with van der Waals surface area (Å²) >= 11 is 0. The minimum Gasteiger partial charge on any atom is -0.508 e. The standard InChI is InChI=1S/C14H16N2O2/c17-11-3-2-10-4-7-15-13(12(10)8-11)16-9-14(18)5-1-6-14/h2-4,7-8,17-18H,1,5-6,9H2,(H,15,16). The second-order valence-electron chi connectivity index (χ2n) is 5.00. The Morgan fingerprint density at radius 3 is 2.83 bits per heavy atom. The molecule has 0 atom stereocenters. The number of nitrogens with zero attached hydrogens (tertiary/aromatic N) is 1. The van der Waals surface area contributed by atoms with Crippen LogP contribution >= 0.6 is 0 Å². The summed E-state index contributed by atoms with van der Waals surface area (Å²) in [7, 11) is 0. The molecule has 4 heteroatoms. The van der Waals surface area contributed by atoms with Crippen LogP contribution in [0.25, 0.3) is 10.8 Å². The molecular formula is C14H16N2O2. The lowest BCUT2D eigenvalue weighted by molar-refractivity contribution is -0.0202. The van der Waals surface area contributed by atoms with Crippen molar-refractivity contribution >= 4 is 16.6 Å². The van der Waals surface area contributed by atoms with Gasteiger partial charge >= 0.3 is 0 Å². The molecule has 0 spiro atoms. The van der Waals surface area contributed by atoms with Crippen molar-refractivity contribution in [1.29, 1.82) is 0 Å². The van der Waals surface area contributed by atoms with Crippen molar-refractivity contribution in [2.45, 2.75) is 24.9 Å². The fourth-order valence-electron chi connectivity index (χ4n) is 2.31. The van der Waals surface area contributed by atoms with Crippen molar-refractivity contribution in [1.82, 2.24) is 4.98 Å². The van der Waals surface area contributed by atoms with Gasteiger partial charge < -0.3 is 15.5 Å².